The van der Waals surface area contributed by atoms with Crippen LogP contribution in [0.4, 0.5) is 18.9 Å². The molecule has 0 aliphatic rings. The Morgan fingerprint density at radius 3 is 2.18 bits per heavy atom. The quantitative estimate of drug-likeness (QED) is 0.784. The number of benzene rings is 2. The van der Waals surface area contributed by atoms with Crippen molar-refractivity contribution in [3.63, 3.8) is 0 Å². The van der Waals surface area contributed by atoms with Crippen molar-refractivity contribution in [2.75, 3.05) is 5.73 Å². The molecule has 2 rings (SSSR count). The first-order valence-corrected chi connectivity index (χ1v) is 5.02. The van der Waals surface area contributed by atoms with E-state index in [1.54, 1.807) is 24.3 Å². The molecule has 0 fully saturated rings. The molecule has 0 unspecified atom stereocenters. The highest BCUT2D eigenvalue weighted by molar-refractivity contribution is 5.67. The second kappa shape index (κ2) is 4.49. The number of alkyl halides is 2. The van der Waals surface area contributed by atoms with Crippen LogP contribution in [0.15, 0.2) is 42.5 Å². The molecule has 1 nitrogen and oxygen atoms in total. The van der Waals surface area contributed by atoms with E-state index in [1.165, 1.54) is 12.1 Å². The van der Waals surface area contributed by atoms with E-state index >= 15 is 0 Å². The number of halogens is 3. The van der Waals surface area contributed by atoms with Crippen LogP contribution in [0.25, 0.3) is 11.1 Å². The minimum absolute atomic E-state index is 0.155. The molecule has 0 aromatic heterocycles. The minimum Gasteiger partial charge on any atom is -0.399 e. The molecule has 0 aliphatic carbocycles. The van der Waals surface area contributed by atoms with Gasteiger partial charge in [0.1, 0.15) is 5.82 Å². The zero-order valence-electron chi connectivity index (χ0n) is 8.83. The van der Waals surface area contributed by atoms with Crippen LogP contribution in [-0.2, 0) is 0 Å². The van der Waals surface area contributed by atoms with Gasteiger partial charge >= 0.3 is 0 Å². The van der Waals surface area contributed by atoms with Gasteiger partial charge in [0.05, 0.1) is 5.56 Å². The van der Waals surface area contributed by atoms with Gasteiger partial charge in [-0.3, -0.25) is 0 Å². The molecule has 0 amide bonds. The van der Waals surface area contributed by atoms with Crippen LogP contribution in [0, 0.1) is 5.82 Å². The number of anilines is 1. The average Bonchev–Trinajstić information content (AvgIpc) is 2.30. The molecular weight excluding hydrogens is 227 g/mol. The Morgan fingerprint density at radius 2 is 1.59 bits per heavy atom. The van der Waals surface area contributed by atoms with Crippen molar-refractivity contribution in [3.8, 4) is 11.1 Å². The van der Waals surface area contributed by atoms with Crippen LogP contribution >= 0.6 is 0 Å². The fourth-order valence-corrected chi connectivity index (χ4v) is 1.60. The Morgan fingerprint density at radius 1 is 0.941 bits per heavy atom. The van der Waals surface area contributed by atoms with Gasteiger partial charge in [-0.2, -0.15) is 0 Å². The van der Waals surface area contributed by atoms with Gasteiger partial charge in [0.25, 0.3) is 6.43 Å². The maximum atomic E-state index is 13.8. The summed E-state index contributed by atoms with van der Waals surface area (Å²) >= 11 is 0. The number of nitrogen functional groups attached to an aromatic ring is 1. The molecule has 0 radical (unpaired) electrons. The largest absolute Gasteiger partial charge is 0.399 e. The predicted octanol–water partition coefficient (Wildman–Crippen LogP) is 4.01. The molecule has 17 heavy (non-hydrogen) atoms. The average molecular weight is 237 g/mol. The Labute approximate surface area is 96.7 Å². The summed E-state index contributed by atoms with van der Waals surface area (Å²) in [5.74, 6) is -0.882. The Balaban J connectivity index is 2.52. The summed E-state index contributed by atoms with van der Waals surface area (Å²) in [5.41, 5.74) is 6.15. The van der Waals surface area contributed by atoms with Crippen LogP contribution in [0.2, 0.25) is 0 Å². The van der Waals surface area contributed by atoms with Crippen LogP contribution in [0.5, 0.6) is 0 Å². The van der Waals surface area contributed by atoms with Gasteiger partial charge in [-0.05, 0) is 17.7 Å². The molecule has 4 heteroatoms. The van der Waals surface area contributed by atoms with Crippen molar-refractivity contribution < 1.29 is 13.2 Å². The molecule has 2 aromatic rings. The van der Waals surface area contributed by atoms with Crippen LogP contribution < -0.4 is 5.73 Å². The molecule has 0 spiro atoms. The molecule has 88 valence electrons. The van der Waals surface area contributed by atoms with Crippen molar-refractivity contribution >= 4 is 5.69 Å². The fraction of sp³-hybridized carbons (Fsp3) is 0.0769. The molecular formula is C13H10F3N. The minimum atomic E-state index is -2.82. The van der Waals surface area contributed by atoms with Gasteiger partial charge in [0.2, 0.25) is 0 Å². The Kier molecular flexibility index (Phi) is 3.04. The van der Waals surface area contributed by atoms with E-state index in [-0.39, 0.29) is 5.56 Å². The van der Waals surface area contributed by atoms with Crippen LogP contribution in [-0.4, -0.2) is 0 Å². The molecule has 2 aromatic carbocycles. The maximum Gasteiger partial charge on any atom is 0.266 e. The van der Waals surface area contributed by atoms with Crippen molar-refractivity contribution in [2.24, 2.45) is 0 Å². The number of nitrogens with two attached hydrogens (primary N) is 1. The fourth-order valence-electron chi connectivity index (χ4n) is 1.60. The third kappa shape index (κ3) is 2.25. The third-order valence-electron chi connectivity index (χ3n) is 2.49. The first-order chi connectivity index (χ1) is 8.09. The lowest BCUT2D eigenvalue weighted by Crippen LogP contribution is -1.94. The molecule has 0 heterocycles. The Bertz CT molecular complexity index is 521. The van der Waals surface area contributed by atoms with E-state index in [1.807, 2.05) is 0 Å². The molecule has 0 saturated heterocycles. The second-order valence-corrected chi connectivity index (χ2v) is 3.63. The van der Waals surface area contributed by atoms with Gasteiger partial charge in [-0.1, -0.05) is 30.3 Å². The monoisotopic (exact) mass is 237 g/mol. The summed E-state index contributed by atoms with van der Waals surface area (Å²) in [6.07, 6.45) is -2.82. The summed E-state index contributed by atoms with van der Waals surface area (Å²) < 4.78 is 38.9. The smallest absolute Gasteiger partial charge is 0.266 e. The van der Waals surface area contributed by atoms with Crippen LogP contribution in [0.3, 0.4) is 0 Å². The van der Waals surface area contributed by atoms with Crippen molar-refractivity contribution in [1.82, 2.24) is 0 Å². The van der Waals surface area contributed by atoms with Crippen molar-refractivity contribution in [3.05, 3.63) is 53.8 Å². The van der Waals surface area contributed by atoms with Crippen LogP contribution in [0.1, 0.15) is 12.0 Å². The SMILES string of the molecule is Nc1ccc(-c2cccc(C(F)F)c2F)cc1. The summed E-state index contributed by atoms with van der Waals surface area (Å²) in [6.45, 7) is 0. The molecule has 0 bridgehead atoms. The maximum absolute atomic E-state index is 13.8. The summed E-state index contributed by atoms with van der Waals surface area (Å²) in [6, 6.07) is 10.4. The zero-order valence-corrected chi connectivity index (χ0v) is 8.83. The Hall–Kier alpha value is -1.97. The highest BCUT2D eigenvalue weighted by Crippen LogP contribution is 2.30. The molecule has 0 aliphatic heterocycles. The van der Waals surface area contributed by atoms with Crippen molar-refractivity contribution in [2.45, 2.75) is 6.43 Å². The molecule has 0 saturated carbocycles. The van der Waals surface area contributed by atoms with Gasteiger partial charge in [-0.15, -0.1) is 0 Å². The highest BCUT2D eigenvalue weighted by Gasteiger charge is 2.16. The van der Waals surface area contributed by atoms with E-state index in [9.17, 15) is 13.2 Å². The normalized spacial score (nSPS) is 10.8. The lowest BCUT2D eigenvalue weighted by molar-refractivity contribution is 0.146. The lowest BCUT2D eigenvalue weighted by Gasteiger charge is -2.08. The standard InChI is InChI=1S/C13H10F3N/c14-12-10(2-1-3-11(12)13(15)16)8-4-6-9(17)7-5-8/h1-7,13H,17H2. The van der Waals surface area contributed by atoms with Crippen molar-refractivity contribution in [1.29, 1.82) is 0 Å². The van der Waals surface area contributed by atoms with E-state index in [0.29, 0.717) is 11.3 Å². The second-order valence-electron chi connectivity index (χ2n) is 3.63. The zero-order chi connectivity index (χ0) is 12.4. The predicted molar refractivity (Wildman–Crippen MR) is 61.2 cm³/mol. The van der Waals surface area contributed by atoms with Gasteiger partial charge in [0, 0.05) is 11.3 Å². The summed E-state index contributed by atoms with van der Waals surface area (Å²) in [4.78, 5) is 0. The topological polar surface area (TPSA) is 26.0 Å². The summed E-state index contributed by atoms with van der Waals surface area (Å²) in [7, 11) is 0. The van der Waals surface area contributed by atoms with E-state index in [4.69, 9.17) is 5.73 Å². The number of rotatable bonds is 2. The van der Waals surface area contributed by atoms with E-state index in [0.717, 1.165) is 6.07 Å². The first kappa shape index (κ1) is 11.5. The van der Waals surface area contributed by atoms with E-state index < -0.39 is 17.8 Å². The van der Waals surface area contributed by atoms with Gasteiger partial charge in [0.15, 0.2) is 0 Å². The van der Waals surface area contributed by atoms with Gasteiger partial charge < -0.3 is 5.73 Å². The van der Waals surface area contributed by atoms with Gasteiger partial charge in [-0.25, -0.2) is 13.2 Å². The highest BCUT2D eigenvalue weighted by atomic mass is 19.3. The lowest BCUT2D eigenvalue weighted by atomic mass is 10.0. The molecule has 2 N–H and O–H groups in total. The first-order valence-electron chi connectivity index (χ1n) is 5.02. The number of hydrogen-bond donors (Lipinski definition) is 1. The van der Waals surface area contributed by atoms with E-state index in [2.05, 4.69) is 0 Å². The number of hydrogen-bond acceptors (Lipinski definition) is 1. The third-order valence-corrected chi connectivity index (χ3v) is 2.49. The summed E-state index contributed by atoms with van der Waals surface area (Å²) in [5, 5.41) is 0. The molecule has 0 atom stereocenters.